The van der Waals surface area contributed by atoms with Gasteiger partial charge in [-0.25, -0.2) is 4.39 Å². The Hall–Kier alpha value is -0.150. The second kappa shape index (κ2) is 5.87. The molecule has 0 radical (unpaired) electrons. The summed E-state index contributed by atoms with van der Waals surface area (Å²) in [6.07, 6.45) is 4.49. The molecular formula is C15H29FN2. The highest BCUT2D eigenvalue weighted by Crippen LogP contribution is 2.30. The molecule has 3 unspecified atom stereocenters. The van der Waals surface area contributed by atoms with Gasteiger partial charge in [0.2, 0.25) is 0 Å². The minimum absolute atomic E-state index is 0.493. The second-order valence-electron chi connectivity index (χ2n) is 7.14. The van der Waals surface area contributed by atoms with E-state index < -0.39 is 5.67 Å². The molecule has 0 bridgehead atoms. The van der Waals surface area contributed by atoms with Crippen LogP contribution in [-0.2, 0) is 0 Å². The minimum atomic E-state index is -0.907. The lowest BCUT2D eigenvalue weighted by molar-refractivity contribution is 0.0604. The van der Waals surface area contributed by atoms with E-state index in [1.54, 1.807) is 0 Å². The van der Waals surface area contributed by atoms with Crippen LogP contribution in [-0.4, -0.2) is 31.3 Å². The molecule has 0 aromatic heterocycles. The molecule has 0 spiro atoms. The Morgan fingerprint density at radius 1 is 1.22 bits per heavy atom. The number of hydrogen-bond acceptors (Lipinski definition) is 2. The summed E-state index contributed by atoms with van der Waals surface area (Å²) in [5, 5.41) is 6.67. The zero-order valence-corrected chi connectivity index (χ0v) is 12.1. The van der Waals surface area contributed by atoms with Gasteiger partial charge in [0.1, 0.15) is 5.67 Å². The van der Waals surface area contributed by atoms with Crippen LogP contribution in [0.3, 0.4) is 0 Å². The van der Waals surface area contributed by atoms with Gasteiger partial charge in [0.25, 0.3) is 0 Å². The molecule has 0 amide bonds. The molecule has 2 nitrogen and oxygen atoms in total. The zero-order valence-electron chi connectivity index (χ0n) is 12.1. The highest BCUT2D eigenvalue weighted by molar-refractivity contribution is 4.95. The number of alkyl halides is 1. The van der Waals surface area contributed by atoms with Crippen molar-refractivity contribution in [3.8, 4) is 0 Å². The monoisotopic (exact) mass is 256 g/mol. The van der Waals surface area contributed by atoms with E-state index in [0.717, 1.165) is 31.2 Å². The fourth-order valence-electron chi connectivity index (χ4n) is 3.66. The number of hydrogen-bond donors (Lipinski definition) is 2. The van der Waals surface area contributed by atoms with Crippen molar-refractivity contribution >= 4 is 0 Å². The third-order valence-electron chi connectivity index (χ3n) is 4.40. The van der Waals surface area contributed by atoms with Gasteiger partial charge in [0, 0.05) is 19.1 Å². The second-order valence-corrected chi connectivity index (χ2v) is 7.14. The third-order valence-corrected chi connectivity index (χ3v) is 4.40. The van der Waals surface area contributed by atoms with Crippen molar-refractivity contribution in [3.05, 3.63) is 0 Å². The summed E-state index contributed by atoms with van der Waals surface area (Å²) in [6, 6.07) is 0.625. The predicted octanol–water partition coefficient (Wildman–Crippen LogP) is 2.74. The lowest BCUT2D eigenvalue weighted by Crippen LogP contribution is -2.57. The summed E-state index contributed by atoms with van der Waals surface area (Å²) >= 11 is 0. The van der Waals surface area contributed by atoms with Gasteiger partial charge in [0.05, 0.1) is 0 Å². The molecule has 0 aliphatic carbocycles. The highest BCUT2D eigenvalue weighted by Gasteiger charge is 2.38. The maximum atomic E-state index is 14.0. The molecule has 0 saturated carbocycles. The van der Waals surface area contributed by atoms with Gasteiger partial charge in [0.15, 0.2) is 0 Å². The SMILES string of the molecule is CC(C)CC1CNC(CC(C)CC2(F)CNC2)C1. The molecule has 0 aromatic carbocycles. The molecule has 3 atom stereocenters. The molecule has 2 fully saturated rings. The van der Waals surface area contributed by atoms with Crippen molar-refractivity contribution < 1.29 is 4.39 Å². The summed E-state index contributed by atoms with van der Waals surface area (Å²) in [7, 11) is 0. The number of nitrogens with one attached hydrogen (secondary N) is 2. The van der Waals surface area contributed by atoms with E-state index in [9.17, 15) is 4.39 Å². The lowest BCUT2D eigenvalue weighted by atomic mass is 9.84. The topological polar surface area (TPSA) is 24.1 Å². The van der Waals surface area contributed by atoms with Crippen molar-refractivity contribution in [3.63, 3.8) is 0 Å². The van der Waals surface area contributed by atoms with E-state index in [2.05, 4.69) is 31.4 Å². The van der Waals surface area contributed by atoms with Crippen LogP contribution >= 0.6 is 0 Å². The quantitative estimate of drug-likeness (QED) is 0.763. The van der Waals surface area contributed by atoms with Crippen LogP contribution in [0, 0.1) is 17.8 Å². The lowest BCUT2D eigenvalue weighted by Gasteiger charge is -2.37. The summed E-state index contributed by atoms with van der Waals surface area (Å²) in [4.78, 5) is 0. The average molecular weight is 256 g/mol. The summed E-state index contributed by atoms with van der Waals surface area (Å²) < 4.78 is 14.0. The Balaban J connectivity index is 1.67. The fourth-order valence-corrected chi connectivity index (χ4v) is 3.66. The van der Waals surface area contributed by atoms with Crippen LogP contribution in [0.1, 0.15) is 46.5 Å². The summed E-state index contributed by atoms with van der Waals surface area (Å²) in [5.74, 6) is 2.13. The molecule has 2 aliphatic rings. The Morgan fingerprint density at radius 2 is 1.94 bits per heavy atom. The van der Waals surface area contributed by atoms with Crippen molar-refractivity contribution in [2.75, 3.05) is 19.6 Å². The third kappa shape index (κ3) is 3.92. The molecule has 0 aromatic rings. The van der Waals surface area contributed by atoms with Gasteiger partial charge in [-0.05, 0) is 50.0 Å². The first kappa shape index (κ1) is 14.3. The minimum Gasteiger partial charge on any atom is -0.314 e. The van der Waals surface area contributed by atoms with E-state index in [-0.39, 0.29) is 0 Å². The van der Waals surface area contributed by atoms with Crippen molar-refractivity contribution in [1.29, 1.82) is 0 Å². The van der Waals surface area contributed by atoms with Crippen LogP contribution in [0.5, 0.6) is 0 Å². The predicted molar refractivity (Wildman–Crippen MR) is 74.5 cm³/mol. The summed E-state index contributed by atoms with van der Waals surface area (Å²) in [5.41, 5.74) is -0.907. The molecule has 2 aliphatic heterocycles. The first-order chi connectivity index (χ1) is 8.47. The molecule has 3 heteroatoms. The van der Waals surface area contributed by atoms with Crippen LogP contribution in [0.2, 0.25) is 0 Å². The average Bonchev–Trinajstić information content (AvgIpc) is 2.61. The molecule has 2 heterocycles. The van der Waals surface area contributed by atoms with Gasteiger partial charge in [-0.1, -0.05) is 20.8 Å². The molecule has 106 valence electrons. The Morgan fingerprint density at radius 3 is 2.50 bits per heavy atom. The van der Waals surface area contributed by atoms with Gasteiger partial charge >= 0.3 is 0 Å². The Kier molecular flexibility index (Phi) is 4.65. The standard InChI is InChI=1S/C15H29FN2/c1-11(2)4-13-6-14(18-8-13)5-12(3)7-15(16)9-17-10-15/h11-14,17-18H,4-10H2,1-3H3. The highest BCUT2D eigenvalue weighted by atomic mass is 19.1. The fraction of sp³-hybridized carbons (Fsp3) is 1.00. The van der Waals surface area contributed by atoms with Crippen molar-refractivity contribution in [2.24, 2.45) is 17.8 Å². The van der Waals surface area contributed by atoms with E-state index in [1.165, 1.54) is 12.8 Å². The van der Waals surface area contributed by atoms with Crippen LogP contribution in [0.4, 0.5) is 4.39 Å². The van der Waals surface area contributed by atoms with Crippen LogP contribution in [0.15, 0.2) is 0 Å². The molecule has 2 N–H and O–H groups in total. The van der Waals surface area contributed by atoms with Gasteiger partial charge in [-0.3, -0.25) is 0 Å². The van der Waals surface area contributed by atoms with E-state index in [4.69, 9.17) is 0 Å². The van der Waals surface area contributed by atoms with Crippen LogP contribution < -0.4 is 10.6 Å². The normalized spacial score (nSPS) is 32.5. The molecule has 2 rings (SSSR count). The largest absolute Gasteiger partial charge is 0.314 e. The number of halogens is 1. The molecule has 18 heavy (non-hydrogen) atoms. The molecular weight excluding hydrogens is 227 g/mol. The Labute approximate surface area is 111 Å². The first-order valence-electron chi connectivity index (χ1n) is 7.60. The van der Waals surface area contributed by atoms with Gasteiger partial charge < -0.3 is 10.6 Å². The summed E-state index contributed by atoms with van der Waals surface area (Å²) in [6.45, 7) is 9.09. The maximum Gasteiger partial charge on any atom is 0.136 e. The number of rotatable bonds is 6. The maximum absolute atomic E-state index is 14.0. The van der Waals surface area contributed by atoms with Gasteiger partial charge in [-0.2, -0.15) is 0 Å². The van der Waals surface area contributed by atoms with E-state index in [0.29, 0.717) is 25.0 Å². The van der Waals surface area contributed by atoms with Crippen molar-refractivity contribution in [2.45, 2.75) is 58.2 Å². The Bertz CT molecular complexity index is 263. The zero-order chi connectivity index (χ0) is 13.2. The van der Waals surface area contributed by atoms with E-state index >= 15 is 0 Å². The van der Waals surface area contributed by atoms with Crippen LogP contribution in [0.25, 0.3) is 0 Å². The van der Waals surface area contributed by atoms with Crippen molar-refractivity contribution in [1.82, 2.24) is 10.6 Å². The molecule has 2 saturated heterocycles. The van der Waals surface area contributed by atoms with E-state index in [1.807, 2.05) is 0 Å². The van der Waals surface area contributed by atoms with Gasteiger partial charge in [-0.15, -0.1) is 0 Å². The first-order valence-corrected chi connectivity index (χ1v) is 7.60. The smallest absolute Gasteiger partial charge is 0.136 e.